The zero-order chi connectivity index (χ0) is 21.5. The van der Waals surface area contributed by atoms with Crippen molar-refractivity contribution in [1.29, 1.82) is 0 Å². The lowest BCUT2D eigenvalue weighted by molar-refractivity contribution is -0.136. The Kier molecular flexibility index (Phi) is 6.15. The van der Waals surface area contributed by atoms with Gasteiger partial charge in [-0.05, 0) is 43.5 Å². The third-order valence-corrected chi connectivity index (χ3v) is 10.2. The molecule has 3 heterocycles. The molecule has 0 aromatic heterocycles. The molecule has 4 rings (SSSR count). The molecule has 0 spiro atoms. The number of hydrogen-bond acceptors (Lipinski definition) is 6. The van der Waals surface area contributed by atoms with Crippen LogP contribution in [0.1, 0.15) is 19.3 Å². The lowest BCUT2D eigenvalue weighted by Gasteiger charge is -2.39. The standard InChI is InChI=1S/C19H26ClN3O5S2/c20-15-3-5-17(6-4-15)30(27,28)23-8-1-2-18(23)19(24)22-11-9-21(10-12-22)16-7-13-29(25,26)14-16/h3-6,16,18H,1-2,7-14H2/t16-,18-/m0/s1. The summed E-state index contributed by atoms with van der Waals surface area (Å²) < 4.78 is 50.9. The van der Waals surface area contributed by atoms with Crippen LogP contribution in [0.2, 0.25) is 5.02 Å². The first-order chi connectivity index (χ1) is 14.2. The van der Waals surface area contributed by atoms with Crippen molar-refractivity contribution < 1.29 is 21.6 Å². The summed E-state index contributed by atoms with van der Waals surface area (Å²) in [4.78, 5) is 17.2. The van der Waals surface area contributed by atoms with Gasteiger partial charge in [0.05, 0.1) is 16.4 Å². The Morgan fingerprint density at radius 1 is 1.00 bits per heavy atom. The van der Waals surface area contributed by atoms with E-state index in [0.29, 0.717) is 57.0 Å². The van der Waals surface area contributed by atoms with Crippen molar-refractivity contribution in [3.8, 4) is 0 Å². The van der Waals surface area contributed by atoms with Crippen LogP contribution in [0, 0.1) is 0 Å². The van der Waals surface area contributed by atoms with Gasteiger partial charge in [0.15, 0.2) is 9.84 Å². The fourth-order valence-electron chi connectivity index (χ4n) is 4.60. The van der Waals surface area contributed by atoms with E-state index in [2.05, 4.69) is 4.90 Å². The third-order valence-electron chi connectivity index (χ3n) is 6.26. The minimum Gasteiger partial charge on any atom is -0.339 e. The molecule has 1 aromatic rings. The zero-order valence-electron chi connectivity index (χ0n) is 16.6. The molecule has 3 saturated heterocycles. The summed E-state index contributed by atoms with van der Waals surface area (Å²) in [6, 6.07) is 5.33. The number of amides is 1. The van der Waals surface area contributed by atoms with Crippen molar-refractivity contribution >= 4 is 37.4 Å². The summed E-state index contributed by atoms with van der Waals surface area (Å²) in [7, 11) is -6.72. The average Bonchev–Trinajstić information content (AvgIpc) is 3.35. The fraction of sp³-hybridized carbons (Fsp3) is 0.632. The maximum atomic E-state index is 13.2. The van der Waals surface area contributed by atoms with Gasteiger partial charge < -0.3 is 4.90 Å². The number of piperazine rings is 1. The van der Waals surface area contributed by atoms with Crippen LogP contribution in [0.25, 0.3) is 0 Å². The molecule has 3 fully saturated rings. The quantitative estimate of drug-likeness (QED) is 0.640. The van der Waals surface area contributed by atoms with Crippen LogP contribution < -0.4 is 0 Å². The smallest absolute Gasteiger partial charge is 0.243 e. The number of rotatable bonds is 4. The summed E-state index contributed by atoms with van der Waals surface area (Å²) in [6.45, 7) is 2.52. The maximum Gasteiger partial charge on any atom is 0.243 e. The minimum absolute atomic E-state index is 0.0283. The van der Waals surface area contributed by atoms with Crippen molar-refractivity contribution in [3.05, 3.63) is 29.3 Å². The van der Waals surface area contributed by atoms with E-state index in [-0.39, 0.29) is 28.4 Å². The van der Waals surface area contributed by atoms with Crippen LogP contribution in [-0.2, 0) is 24.7 Å². The molecule has 0 bridgehead atoms. The van der Waals surface area contributed by atoms with Crippen molar-refractivity contribution in [2.75, 3.05) is 44.2 Å². The van der Waals surface area contributed by atoms with Gasteiger partial charge in [-0.3, -0.25) is 9.69 Å². The van der Waals surface area contributed by atoms with Gasteiger partial charge in [0.1, 0.15) is 6.04 Å². The van der Waals surface area contributed by atoms with Gasteiger partial charge in [-0.25, -0.2) is 16.8 Å². The molecular weight excluding hydrogens is 450 g/mol. The Balaban J connectivity index is 1.41. The van der Waals surface area contributed by atoms with E-state index in [1.54, 1.807) is 4.90 Å². The average molecular weight is 476 g/mol. The molecule has 1 aromatic carbocycles. The van der Waals surface area contributed by atoms with Crippen molar-refractivity contribution in [1.82, 2.24) is 14.1 Å². The van der Waals surface area contributed by atoms with E-state index in [9.17, 15) is 21.6 Å². The predicted molar refractivity (Wildman–Crippen MR) is 114 cm³/mol. The fourth-order valence-corrected chi connectivity index (χ4v) is 8.14. The number of hydrogen-bond donors (Lipinski definition) is 0. The summed E-state index contributed by atoms with van der Waals surface area (Å²) in [5, 5.41) is 0.455. The monoisotopic (exact) mass is 475 g/mol. The van der Waals surface area contributed by atoms with E-state index < -0.39 is 25.9 Å². The molecule has 0 radical (unpaired) electrons. The second-order valence-corrected chi connectivity index (χ2v) is 12.7. The molecule has 0 N–H and O–H groups in total. The van der Waals surface area contributed by atoms with Gasteiger partial charge >= 0.3 is 0 Å². The lowest BCUT2D eigenvalue weighted by Crippen LogP contribution is -2.56. The lowest BCUT2D eigenvalue weighted by atomic mass is 10.1. The molecule has 166 valence electrons. The molecule has 0 aliphatic carbocycles. The zero-order valence-corrected chi connectivity index (χ0v) is 19.0. The van der Waals surface area contributed by atoms with E-state index >= 15 is 0 Å². The van der Waals surface area contributed by atoms with Crippen LogP contribution in [-0.4, -0.2) is 93.2 Å². The Labute approximate surface area is 182 Å². The van der Waals surface area contributed by atoms with Gasteiger partial charge in [0.25, 0.3) is 0 Å². The second kappa shape index (κ2) is 8.38. The number of carbonyl (C=O) groups is 1. The van der Waals surface area contributed by atoms with Crippen LogP contribution in [0.5, 0.6) is 0 Å². The molecule has 1 amide bonds. The van der Waals surface area contributed by atoms with Gasteiger partial charge in [-0.2, -0.15) is 4.31 Å². The maximum absolute atomic E-state index is 13.2. The second-order valence-electron chi connectivity index (χ2n) is 8.15. The first-order valence-electron chi connectivity index (χ1n) is 10.2. The molecule has 0 saturated carbocycles. The first-order valence-corrected chi connectivity index (χ1v) is 13.8. The van der Waals surface area contributed by atoms with Crippen LogP contribution in [0.15, 0.2) is 29.2 Å². The summed E-state index contributed by atoms with van der Waals surface area (Å²) >= 11 is 5.87. The molecular formula is C19H26ClN3O5S2. The molecule has 3 aliphatic heterocycles. The highest BCUT2D eigenvalue weighted by molar-refractivity contribution is 7.91. The number of sulfonamides is 1. The van der Waals surface area contributed by atoms with Crippen molar-refractivity contribution in [3.63, 3.8) is 0 Å². The number of sulfone groups is 1. The van der Waals surface area contributed by atoms with Crippen LogP contribution in [0.4, 0.5) is 0 Å². The summed E-state index contributed by atoms with van der Waals surface area (Å²) in [5.74, 6) is 0.260. The third kappa shape index (κ3) is 4.38. The Bertz CT molecular complexity index is 1010. The van der Waals surface area contributed by atoms with Crippen LogP contribution in [0.3, 0.4) is 0 Å². The Hall–Kier alpha value is -1.20. The number of halogens is 1. The normalized spacial score (nSPS) is 28.1. The Morgan fingerprint density at radius 3 is 2.27 bits per heavy atom. The topological polar surface area (TPSA) is 95.1 Å². The predicted octanol–water partition coefficient (Wildman–Crippen LogP) is 0.824. The van der Waals surface area contributed by atoms with Crippen molar-refractivity contribution in [2.45, 2.75) is 36.2 Å². The largest absolute Gasteiger partial charge is 0.339 e. The Morgan fingerprint density at radius 2 is 1.67 bits per heavy atom. The highest BCUT2D eigenvalue weighted by Crippen LogP contribution is 2.28. The highest BCUT2D eigenvalue weighted by atomic mass is 35.5. The molecule has 3 aliphatic rings. The molecule has 30 heavy (non-hydrogen) atoms. The van der Waals surface area contributed by atoms with E-state index in [4.69, 9.17) is 11.6 Å². The van der Waals surface area contributed by atoms with Gasteiger partial charge in [0, 0.05) is 43.8 Å². The minimum atomic E-state index is -3.78. The summed E-state index contributed by atoms with van der Waals surface area (Å²) in [5.41, 5.74) is 0. The van der Waals surface area contributed by atoms with Gasteiger partial charge in [0.2, 0.25) is 15.9 Å². The molecule has 2 atom stereocenters. The number of carbonyl (C=O) groups excluding carboxylic acids is 1. The van der Waals surface area contributed by atoms with E-state index in [1.807, 2.05) is 0 Å². The van der Waals surface area contributed by atoms with Crippen LogP contribution >= 0.6 is 11.6 Å². The molecule has 0 unspecified atom stereocenters. The molecule has 11 heteroatoms. The number of benzene rings is 1. The number of nitrogens with zero attached hydrogens (tertiary/aromatic N) is 3. The first kappa shape index (κ1) is 22.0. The SMILES string of the molecule is O=C([C@@H]1CCCN1S(=O)(=O)c1ccc(Cl)cc1)N1CCN([C@H]2CCS(=O)(=O)C2)CC1. The van der Waals surface area contributed by atoms with E-state index in [1.165, 1.54) is 28.6 Å². The van der Waals surface area contributed by atoms with E-state index in [0.717, 1.165) is 0 Å². The van der Waals surface area contributed by atoms with Crippen molar-refractivity contribution in [2.24, 2.45) is 0 Å². The molecule has 8 nitrogen and oxygen atoms in total. The highest BCUT2D eigenvalue weighted by Gasteiger charge is 2.42. The summed E-state index contributed by atoms with van der Waals surface area (Å²) in [6.07, 6.45) is 1.79. The van der Waals surface area contributed by atoms with Gasteiger partial charge in [-0.15, -0.1) is 0 Å². The van der Waals surface area contributed by atoms with Gasteiger partial charge in [-0.1, -0.05) is 11.6 Å².